The second-order valence-corrected chi connectivity index (χ2v) is 7.09. The van der Waals surface area contributed by atoms with E-state index in [4.69, 9.17) is 0 Å². The van der Waals surface area contributed by atoms with Crippen molar-refractivity contribution in [2.45, 2.75) is 57.6 Å². The van der Waals surface area contributed by atoms with Crippen molar-refractivity contribution < 1.29 is 14.7 Å². The minimum Gasteiger partial charge on any atom is -0.391 e. The number of likely N-dealkylation sites (tertiary alicyclic amines) is 2. The van der Waals surface area contributed by atoms with Gasteiger partial charge in [-0.25, -0.2) is 0 Å². The third-order valence-electron chi connectivity index (χ3n) is 5.41. The predicted octanol–water partition coefficient (Wildman–Crippen LogP) is 1.01. The summed E-state index contributed by atoms with van der Waals surface area (Å²) >= 11 is 0. The zero-order valence-corrected chi connectivity index (χ0v) is 12.8. The summed E-state index contributed by atoms with van der Waals surface area (Å²) in [6, 6.07) is 0.343. The van der Waals surface area contributed by atoms with Crippen LogP contribution in [0.25, 0.3) is 0 Å². The molecule has 2 amide bonds. The average Bonchev–Trinajstić information content (AvgIpc) is 3.05. The van der Waals surface area contributed by atoms with E-state index in [1.165, 1.54) is 12.8 Å². The molecule has 2 saturated heterocycles. The molecule has 1 saturated carbocycles. The van der Waals surface area contributed by atoms with Gasteiger partial charge in [0.15, 0.2) is 0 Å². The Morgan fingerprint density at radius 1 is 1.14 bits per heavy atom. The number of amides is 2. The lowest BCUT2D eigenvalue weighted by Gasteiger charge is -2.33. The minimum atomic E-state index is -0.387. The van der Waals surface area contributed by atoms with E-state index < -0.39 is 0 Å². The molecule has 3 rings (SSSR count). The summed E-state index contributed by atoms with van der Waals surface area (Å²) in [6.45, 7) is 3.92. The maximum atomic E-state index is 12.5. The molecular formula is C16H26N2O3. The summed E-state index contributed by atoms with van der Waals surface area (Å²) in [5.74, 6) is 0.781. The molecule has 118 valence electrons. The van der Waals surface area contributed by atoms with Gasteiger partial charge in [-0.05, 0) is 38.0 Å². The van der Waals surface area contributed by atoms with E-state index in [0.29, 0.717) is 38.5 Å². The monoisotopic (exact) mass is 294 g/mol. The summed E-state index contributed by atoms with van der Waals surface area (Å²) in [5.41, 5.74) is 0. The number of carbonyl (C=O) groups is 2. The third-order valence-corrected chi connectivity index (χ3v) is 5.41. The molecule has 0 spiro atoms. The van der Waals surface area contributed by atoms with Crippen molar-refractivity contribution in [2.24, 2.45) is 11.8 Å². The fourth-order valence-corrected chi connectivity index (χ4v) is 4.00. The van der Waals surface area contributed by atoms with Crippen LogP contribution in [0, 0.1) is 11.8 Å². The molecule has 5 nitrogen and oxygen atoms in total. The van der Waals surface area contributed by atoms with Crippen LogP contribution >= 0.6 is 0 Å². The molecule has 2 aliphatic heterocycles. The summed E-state index contributed by atoms with van der Waals surface area (Å²) in [5, 5.41) is 9.55. The number of hydrogen-bond donors (Lipinski definition) is 1. The van der Waals surface area contributed by atoms with Crippen LogP contribution in [-0.4, -0.2) is 58.5 Å². The van der Waals surface area contributed by atoms with Gasteiger partial charge >= 0.3 is 0 Å². The van der Waals surface area contributed by atoms with Crippen LogP contribution in [-0.2, 0) is 9.59 Å². The van der Waals surface area contributed by atoms with Gasteiger partial charge in [0.2, 0.25) is 11.8 Å². The van der Waals surface area contributed by atoms with Gasteiger partial charge in [0.1, 0.15) is 0 Å². The summed E-state index contributed by atoms with van der Waals surface area (Å²) in [7, 11) is 0. The Kier molecular flexibility index (Phi) is 4.20. The van der Waals surface area contributed by atoms with Crippen molar-refractivity contribution in [3.63, 3.8) is 0 Å². The summed E-state index contributed by atoms with van der Waals surface area (Å²) in [4.78, 5) is 28.4. The zero-order chi connectivity index (χ0) is 15.0. The van der Waals surface area contributed by atoms with E-state index in [9.17, 15) is 14.7 Å². The Morgan fingerprint density at radius 2 is 1.86 bits per heavy atom. The van der Waals surface area contributed by atoms with Gasteiger partial charge in [0.05, 0.1) is 12.0 Å². The first-order valence-electron chi connectivity index (χ1n) is 8.31. The number of hydrogen-bond acceptors (Lipinski definition) is 3. The topological polar surface area (TPSA) is 60.9 Å². The number of aliphatic hydroxyl groups excluding tert-OH is 1. The molecule has 0 aromatic rings. The number of aliphatic hydroxyl groups is 1. The number of nitrogens with zero attached hydrogens (tertiary/aromatic N) is 2. The highest BCUT2D eigenvalue weighted by atomic mass is 16.3. The first kappa shape index (κ1) is 14.8. The zero-order valence-electron chi connectivity index (χ0n) is 12.8. The molecular weight excluding hydrogens is 268 g/mol. The van der Waals surface area contributed by atoms with E-state index in [0.717, 1.165) is 18.8 Å². The Labute approximate surface area is 126 Å². The smallest absolute Gasteiger partial charge is 0.228 e. The minimum absolute atomic E-state index is 0.0616. The highest BCUT2D eigenvalue weighted by Gasteiger charge is 2.41. The van der Waals surface area contributed by atoms with E-state index in [1.807, 2.05) is 4.90 Å². The van der Waals surface area contributed by atoms with Crippen LogP contribution in [0.2, 0.25) is 0 Å². The number of β-amino-alcohol motifs (C(OH)–C–C–N with tert-alkyl or cyclic N) is 1. The predicted molar refractivity (Wildman–Crippen MR) is 78.4 cm³/mol. The standard InChI is InChI=1S/C16H26N2O3/c1-11-2-4-13(5-3-11)18-9-12(8-15(18)20)16(21)17-7-6-14(19)10-17/h11-14,19H,2-10H2,1H3/t11?,12?,13?,14-/m1/s1. The maximum absolute atomic E-state index is 12.5. The molecule has 0 bridgehead atoms. The second-order valence-electron chi connectivity index (χ2n) is 7.09. The van der Waals surface area contributed by atoms with Crippen LogP contribution in [0.3, 0.4) is 0 Å². The van der Waals surface area contributed by atoms with Crippen molar-refractivity contribution in [2.75, 3.05) is 19.6 Å². The van der Waals surface area contributed by atoms with E-state index in [2.05, 4.69) is 6.92 Å². The SMILES string of the molecule is CC1CCC(N2CC(C(=O)N3CC[C@@H](O)C3)CC2=O)CC1. The molecule has 2 heterocycles. The third kappa shape index (κ3) is 3.07. The fraction of sp³-hybridized carbons (Fsp3) is 0.875. The van der Waals surface area contributed by atoms with Crippen molar-refractivity contribution in [3.05, 3.63) is 0 Å². The van der Waals surface area contributed by atoms with Crippen molar-refractivity contribution in [1.82, 2.24) is 9.80 Å². The molecule has 1 aliphatic carbocycles. The average molecular weight is 294 g/mol. The molecule has 2 atom stereocenters. The molecule has 0 aromatic carbocycles. The van der Waals surface area contributed by atoms with Gasteiger partial charge in [0.25, 0.3) is 0 Å². The van der Waals surface area contributed by atoms with Crippen LogP contribution < -0.4 is 0 Å². The lowest BCUT2D eigenvalue weighted by Crippen LogP contribution is -2.40. The molecule has 3 aliphatic rings. The van der Waals surface area contributed by atoms with Crippen molar-refractivity contribution in [3.8, 4) is 0 Å². The molecule has 3 fully saturated rings. The molecule has 5 heteroatoms. The van der Waals surface area contributed by atoms with Gasteiger partial charge in [-0.1, -0.05) is 6.92 Å². The van der Waals surface area contributed by atoms with Gasteiger partial charge in [0, 0.05) is 32.1 Å². The number of carbonyl (C=O) groups excluding carboxylic acids is 2. The lowest BCUT2D eigenvalue weighted by molar-refractivity contribution is -0.135. The van der Waals surface area contributed by atoms with Crippen LogP contribution in [0.15, 0.2) is 0 Å². The van der Waals surface area contributed by atoms with E-state index >= 15 is 0 Å². The maximum Gasteiger partial charge on any atom is 0.228 e. The van der Waals surface area contributed by atoms with Gasteiger partial charge < -0.3 is 14.9 Å². The van der Waals surface area contributed by atoms with Crippen molar-refractivity contribution in [1.29, 1.82) is 0 Å². The van der Waals surface area contributed by atoms with Crippen LogP contribution in [0.4, 0.5) is 0 Å². The lowest BCUT2D eigenvalue weighted by atomic mass is 9.86. The molecule has 21 heavy (non-hydrogen) atoms. The highest BCUT2D eigenvalue weighted by molar-refractivity contribution is 5.89. The largest absolute Gasteiger partial charge is 0.391 e. The summed E-state index contributed by atoms with van der Waals surface area (Å²) in [6.07, 6.45) is 5.17. The Bertz CT molecular complexity index is 418. The Morgan fingerprint density at radius 3 is 2.48 bits per heavy atom. The first-order valence-corrected chi connectivity index (χ1v) is 8.31. The molecule has 1 unspecified atom stereocenters. The fourth-order valence-electron chi connectivity index (χ4n) is 4.00. The second kappa shape index (κ2) is 5.95. The van der Waals surface area contributed by atoms with E-state index in [-0.39, 0.29) is 23.8 Å². The highest BCUT2D eigenvalue weighted by Crippen LogP contribution is 2.32. The summed E-state index contributed by atoms with van der Waals surface area (Å²) < 4.78 is 0. The molecule has 1 N–H and O–H groups in total. The Balaban J connectivity index is 1.58. The molecule has 0 radical (unpaired) electrons. The van der Waals surface area contributed by atoms with Crippen LogP contribution in [0.1, 0.15) is 45.4 Å². The Hall–Kier alpha value is -1.10. The van der Waals surface area contributed by atoms with Crippen LogP contribution in [0.5, 0.6) is 0 Å². The molecule has 0 aromatic heterocycles. The quantitative estimate of drug-likeness (QED) is 0.827. The first-order chi connectivity index (χ1) is 10.0. The van der Waals surface area contributed by atoms with E-state index in [1.54, 1.807) is 4.90 Å². The van der Waals surface area contributed by atoms with Gasteiger partial charge in [-0.2, -0.15) is 0 Å². The number of rotatable bonds is 2. The van der Waals surface area contributed by atoms with Gasteiger partial charge in [-0.3, -0.25) is 9.59 Å². The normalized spacial score (nSPS) is 37.3. The van der Waals surface area contributed by atoms with Crippen molar-refractivity contribution >= 4 is 11.8 Å². The van der Waals surface area contributed by atoms with Gasteiger partial charge in [-0.15, -0.1) is 0 Å².